The molecule has 1 saturated heterocycles. The molecule has 0 radical (unpaired) electrons. The third-order valence-electron chi connectivity index (χ3n) is 3.38. The van der Waals surface area contributed by atoms with E-state index < -0.39 is 0 Å². The lowest BCUT2D eigenvalue weighted by Crippen LogP contribution is -2.45. The van der Waals surface area contributed by atoms with Gasteiger partial charge in [0, 0.05) is 19.1 Å². The Bertz CT molecular complexity index is 383. The van der Waals surface area contributed by atoms with E-state index in [4.69, 9.17) is 10.5 Å². The fourth-order valence-electron chi connectivity index (χ4n) is 2.45. The summed E-state index contributed by atoms with van der Waals surface area (Å²) in [5, 5.41) is 0. The lowest BCUT2D eigenvalue weighted by atomic mass is 10.0. The van der Waals surface area contributed by atoms with E-state index in [0.717, 1.165) is 24.3 Å². The van der Waals surface area contributed by atoms with Crippen LogP contribution in [0.1, 0.15) is 24.8 Å². The van der Waals surface area contributed by atoms with Gasteiger partial charge in [0.1, 0.15) is 12.1 Å². The Morgan fingerprint density at radius 3 is 3.00 bits per heavy atom. The molecular weight excluding hydrogens is 216 g/mol. The minimum Gasteiger partial charge on any atom is -0.481 e. The smallest absolute Gasteiger partial charge is 0.221 e. The molecule has 2 rings (SSSR count). The maximum Gasteiger partial charge on any atom is 0.221 e. The van der Waals surface area contributed by atoms with E-state index >= 15 is 0 Å². The SMILES string of the molecule is COc1ncnc(N2CCCCC2CN)c1C. The quantitative estimate of drug-likeness (QED) is 0.851. The molecule has 0 aliphatic carbocycles. The number of anilines is 1. The fourth-order valence-corrected chi connectivity index (χ4v) is 2.45. The van der Waals surface area contributed by atoms with Gasteiger partial charge in [0.05, 0.1) is 12.7 Å². The van der Waals surface area contributed by atoms with Crippen LogP contribution in [0.5, 0.6) is 5.88 Å². The summed E-state index contributed by atoms with van der Waals surface area (Å²) in [6, 6.07) is 0.391. The molecule has 94 valence electrons. The number of nitrogens with zero attached hydrogens (tertiary/aromatic N) is 3. The minimum atomic E-state index is 0.391. The molecule has 1 aromatic rings. The molecule has 1 aromatic heterocycles. The van der Waals surface area contributed by atoms with Gasteiger partial charge in [0.15, 0.2) is 0 Å². The molecule has 2 N–H and O–H groups in total. The summed E-state index contributed by atoms with van der Waals surface area (Å²) in [6.45, 7) is 3.69. The van der Waals surface area contributed by atoms with Crippen molar-refractivity contribution >= 4 is 5.82 Å². The monoisotopic (exact) mass is 236 g/mol. The van der Waals surface area contributed by atoms with Crippen molar-refractivity contribution in [1.82, 2.24) is 9.97 Å². The third kappa shape index (κ3) is 2.34. The van der Waals surface area contributed by atoms with Crippen molar-refractivity contribution in [1.29, 1.82) is 0 Å². The highest BCUT2D eigenvalue weighted by Crippen LogP contribution is 2.28. The zero-order valence-electron chi connectivity index (χ0n) is 10.5. The topological polar surface area (TPSA) is 64.3 Å². The van der Waals surface area contributed by atoms with Gasteiger partial charge in [-0.3, -0.25) is 0 Å². The Morgan fingerprint density at radius 1 is 1.47 bits per heavy atom. The molecule has 5 heteroatoms. The number of piperidine rings is 1. The maximum atomic E-state index is 5.84. The maximum absolute atomic E-state index is 5.84. The second-order valence-corrected chi connectivity index (χ2v) is 4.41. The Balaban J connectivity index is 2.31. The molecule has 5 nitrogen and oxygen atoms in total. The average molecular weight is 236 g/mol. The number of rotatable bonds is 3. The molecule has 0 saturated carbocycles. The van der Waals surface area contributed by atoms with E-state index in [0.29, 0.717) is 18.5 Å². The van der Waals surface area contributed by atoms with Crippen molar-refractivity contribution in [2.24, 2.45) is 5.73 Å². The molecule has 0 spiro atoms. The Morgan fingerprint density at radius 2 is 2.29 bits per heavy atom. The summed E-state index contributed by atoms with van der Waals surface area (Å²) in [7, 11) is 1.63. The third-order valence-corrected chi connectivity index (χ3v) is 3.38. The average Bonchev–Trinajstić information content (AvgIpc) is 2.39. The molecule has 1 fully saturated rings. The Labute approximate surface area is 102 Å². The van der Waals surface area contributed by atoms with Crippen molar-refractivity contribution in [3.63, 3.8) is 0 Å². The number of aromatic nitrogens is 2. The van der Waals surface area contributed by atoms with E-state index in [1.165, 1.54) is 12.8 Å². The summed E-state index contributed by atoms with van der Waals surface area (Å²) in [6.07, 6.45) is 5.15. The van der Waals surface area contributed by atoms with Crippen molar-refractivity contribution in [3.8, 4) is 5.88 Å². The van der Waals surface area contributed by atoms with Gasteiger partial charge in [-0.15, -0.1) is 0 Å². The predicted molar refractivity (Wildman–Crippen MR) is 67.4 cm³/mol. The lowest BCUT2D eigenvalue weighted by Gasteiger charge is -2.36. The molecule has 0 amide bonds. The summed E-state index contributed by atoms with van der Waals surface area (Å²) in [5.41, 5.74) is 6.83. The van der Waals surface area contributed by atoms with E-state index in [9.17, 15) is 0 Å². The first-order chi connectivity index (χ1) is 8.27. The van der Waals surface area contributed by atoms with Crippen LogP contribution in [0.25, 0.3) is 0 Å². The minimum absolute atomic E-state index is 0.391. The van der Waals surface area contributed by atoms with Crippen LogP contribution in [-0.2, 0) is 0 Å². The van der Waals surface area contributed by atoms with E-state index in [1.54, 1.807) is 13.4 Å². The fraction of sp³-hybridized carbons (Fsp3) is 0.667. The van der Waals surface area contributed by atoms with Crippen molar-refractivity contribution in [2.75, 3.05) is 25.1 Å². The standard InChI is InChI=1S/C12H20N4O/c1-9-11(14-8-15-12(9)17-2)16-6-4-3-5-10(16)7-13/h8,10H,3-7,13H2,1-2H3. The van der Waals surface area contributed by atoms with Crippen molar-refractivity contribution < 1.29 is 4.74 Å². The van der Waals surface area contributed by atoms with E-state index in [1.807, 2.05) is 6.92 Å². The van der Waals surface area contributed by atoms with Gasteiger partial charge in [-0.2, -0.15) is 0 Å². The van der Waals surface area contributed by atoms with Crippen LogP contribution >= 0.6 is 0 Å². The lowest BCUT2D eigenvalue weighted by molar-refractivity contribution is 0.391. The van der Waals surface area contributed by atoms with Gasteiger partial charge in [0.25, 0.3) is 0 Å². The predicted octanol–water partition coefficient (Wildman–Crippen LogP) is 1.11. The molecule has 1 unspecified atom stereocenters. The number of methoxy groups -OCH3 is 1. The van der Waals surface area contributed by atoms with Gasteiger partial charge in [-0.1, -0.05) is 0 Å². The second kappa shape index (κ2) is 5.31. The first-order valence-corrected chi connectivity index (χ1v) is 6.10. The zero-order valence-corrected chi connectivity index (χ0v) is 10.5. The second-order valence-electron chi connectivity index (χ2n) is 4.41. The molecule has 0 aromatic carbocycles. The van der Waals surface area contributed by atoms with Crippen LogP contribution in [0.2, 0.25) is 0 Å². The van der Waals surface area contributed by atoms with Crippen molar-refractivity contribution in [2.45, 2.75) is 32.2 Å². The molecule has 17 heavy (non-hydrogen) atoms. The normalized spacial score (nSPS) is 20.4. The van der Waals surface area contributed by atoms with Crippen LogP contribution in [-0.4, -0.2) is 36.2 Å². The number of hydrogen-bond acceptors (Lipinski definition) is 5. The molecule has 1 aliphatic rings. The molecule has 1 aliphatic heterocycles. The summed E-state index contributed by atoms with van der Waals surface area (Å²) in [5.74, 6) is 1.61. The number of nitrogens with two attached hydrogens (primary N) is 1. The molecule has 2 heterocycles. The molecular formula is C12H20N4O. The van der Waals surface area contributed by atoms with Crippen LogP contribution in [0.15, 0.2) is 6.33 Å². The van der Waals surface area contributed by atoms with Gasteiger partial charge >= 0.3 is 0 Å². The zero-order chi connectivity index (χ0) is 12.3. The van der Waals surface area contributed by atoms with Gasteiger partial charge in [-0.05, 0) is 26.2 Å². The summed E-state index contributed by atoms with van der Waals surface area (Å²) < 4.78 is 5.24. The van der Waals surface area contributed by atoms with Gasteiger partial charge in [0.2, 0.25) is 5.88 Å². The van der Waals surface area contributed by atoms with E-state index in [2.05, 4.69) is 14.9 Å². The first kappa shape index (κ1) is 12.1. The van der Waals surface area contributed by atoms with E-state index in [-0.39, 0.29) is 0 Å². The summed E-state index contributed by atoms with van der Waals surface area (Å²) >= 11 is 0. The molecule has 1 atom stereocenters. The van der Waals surface area contributed by atoms with Gasteiger partial charge < -0.3 is 15.4 Å². The highest BCUT2D eigenvalue weighted by atomic mass is 16.5. The van der Waals surface area contributed by atoms with Gasteiger partial charge in [-0.25, -0.2) is 9.97 Å². The Kier molecular flexibility index (Phi) is 3.78. The van der Waals surface area contributed by atoms with Crippen LogP contribution in [0.4, 0.5) is 5.82 Å². The first-order valence-electron chi connectivity index (χ1n) is 6.10. The molecule has 0 bridgehead atoms. The highest BCUT2D eigenvalue weighted by molar-refractivity contribution is 5.51. The van der Waals surface area contributed by atoms with Crippen LogP contribution in [0.3, 0.4) is 0 Å². The Hall–Kier alpha value is -1.36. The highest BCUT2D eigenvalue weighted by Gasteiger charge is 2.24. The van der Waals surface area contributed by atoms with Crippen LogP contribution < -0.4 is 15.4 Å². The number of ether oxygens (including phenoxy) is 1. The largest absolute Gasteiger partial charge is 0.481 e. The van der Waals surface area contributed by atoms with Crippen LogP contribution in [0, 0.1) is 6.92 Å². The number of hydrogen-bond donors (Lipinski definition) is 1. The summed E-state index contributed by atoms with van der Waals surface area (Å²) in [4.78, 5) is 10.8. The van der Waals surface area contributed by atoms with Crippen molar-refractivity contribution in [3.05, 3.63) is 11.9 Å².